The Morgan fingerprint density at radius 2 is 0.577 bits per heavy atom. The van der Waals surface area contributed by atoms with Crippen LogP contribution in [-0.4, -0.2) is 96.7 Å². The van der Waals surface area contributed by atoms with Gasteiger partial charge in [-0.3, -0.25) is 37.3 Å². The van der Waals surface area contributed by atoms with Crippen molar-refractivity contribution in [1.82, 2.24) is 0 Å². The summed E-state index contributed by atoms with van der Waals surface area (Å²) in [4.78, 5) is 72.8. The van der Waals surface area contributed by atoms with E-state index in [0.717, 1.165) is 115 Å². The lowest BCUT2D eigenvalue weighted by Gasteiger charge is -2.21. The molecule has 0 aromatic carbocycles. The van der Waals surface area contributed by atoms with Crippen molar-refractivity contribution in [3.8, 4) is 0 Å². The van der Waals surface area contributed by atoms with Gasteiger partial charge in [-0.25, -0.2) is 9.13 Å². The summed E-state index contributed by atoms with van der Waals surface area (Å²) < 4.78 is 68.5. The quantitative estimate of drug-likeness (QED) is 0.0169. The largest absolute Gasteiger partial charge is 0.472 e. The van der Waals surface area contributed by atoms with Crippen molar-refractivity contribution in [2.45, 2.75) is 406 Å². The molecule has 0 rings (SSSR count). The topological polar surface area (TPSA) is 237 Å². The molecule has 0 amide bonds. The summed E-state index contributed by atoms with van der Waals surface area (Å²) in [6.45, 7) is 7.27. The maximum atomic E-state index is 13.1. The van der Waals surface area contributed by atoms with Crippen LogP contribution < -0.4 is 0 Å². The minimum atomic E-state index is -4.96. The second-order valence-corrected chi connectivity index (χ2v) is 30.6. The van der Waals surface area contributed by atoms with Gasteiger partial charge in [0, 0.05) is 25.7 Å². The molecule has 0 spiro atoms. The van der Waals surface area contributed by atoms with Crippen molar-refractivity contribution in [2.75, 3.05) is 39.6 Å². The SMILES string of the molecule is CCCCCC/C=C\C=C/CCCCCCCC(=O)O[C@H](COC(=O)CCCCCCCCCC)COP(=O)(O)OC[C@H](O)COP(=O)(O)OC[C@@H](COC(=O)CCCCCCCCCCCCCCCCCC)OC(=O)CCCCCCCCCCCCCCCCC(C)CC. The molecule has 0 saturated heterocycles. The van der Waals surface area contributed by atoms with Crippen LogP contribution in [0.2, 0.25) is 0 Å². The molecule has 0 saturated carbocycles. The van der Waals surface area contributed by atoms with E-state index in [-0.39, 0.29) is 25.7 Å². The normalized spacial score (nSPS) is 14.4. The predicted molar refractivity (Wildman–Crippen MR) is 395 cm³/mol. The molecular weight excluding hydrogens is 1270 g/mol. The number of allylic oxidation sites excluding steroid dienone is 4. The highest BCUT2D eigenvalue weighted by Gasteiger charge is 2.30. The van der Waals surface area contributed by atoms with Gasteiger partial charge in [0.1, 0.15) is 19.3 Å². The first-order valence-electron chi connectivity index (χ1n) is 40.0. The van der Waals surface area contributed by atoms with Crippen LogP contribution in [0.4, 0.5) is 0 Å². The number of carbonyl (C=O) groups is 4. The lowest BCUT2D eigenvalue weighted by molar-refractivity contribution is -0.161. The Hall–Kier alpha value is -2.46. The zero-order valence-electron chi connectivity index (χ0n) is 62.7. The van der Waals surface area contributed by atoms with Gasteiger partial charge in [-0.2, -0.15) is 0 Å². The van der Waals surface area contributed by atoms with Crippen molar-refractivity contribution in [3.63, 3.8) is 0 Å². The predicted octanol–water partition coefficient (Wildman–Crippen LogP) is 22.8. The number of unbranched alkanes of at least 4 members (excludes halogenated alkanes) is 44. The van der Waals surface area contributed by atoms with E-state index in [1.165, 1.54) is 193 Å². The summed E-state index contributed by atoms with van der Waals surface area (Å²) in [5.74, 6) is -1.30. The molecule has 3 unspecified atom stereocenters. The molecule has 19 heteroatoms. The van der Waals surface area contributed by atoms with Crippen molar-refractivity contribution in [1.29, 1.82) is 0 Å². The fraction of sp³-hybridized carbons (Fsp3) is 0.897. The number of ether oxygens (including phenoxy) is 4. The fourth-order valence-electron chi connectivity index (χ4n) is 11.5. The van der Waals surface area contributed by atoms with Gasteiger partial charge in [0.2, 0.25) is 0 Å². The molecule has 0 aliphatic carbocycles. The van der Waals surface area contributed by atoms with E-state index >= 15 is 0 Å². The molecule has 17 nitrogen and oxygen atoms in total. The van der Waals surface area contributed by atoms with Crippen LogP contribution in [0.15, 0.2) is 24.3 Å². The zero-order valence-corrected chi connectivity index (χ0v) is 64.5. The summed E-state index contributed by atoms with van der Waals surface area (Å²) in [6.07, 6.45) is 63.2. The Kier molecular flexibility index (Phi) is 68.8. The lowest BCUT2D eigenvalue weighted by atomic mass is 9.99. The van der Waals surface area contributed by atoms with E-state index in [2.05, 4.69) is 58.9 Å². The number of aliphatic hydroxyl groups is 1. The van der Waals surface area contributed by atoms with Crippen LogP contribution in [0.3, 0.4) is 0 Å². The van der Waals surface area contributed by atoms with Gasteiger partial charge in [0.25, 0.3) is 0 Å². The van der Waals surface area contributed by atoms with Crippen molar-refractivity contribution >= 4 is 39.5 Å². The summed E-state index contributed by atoms with van der Waals surface area (Å²) in [7, 11) is -9.92. The number of hydrogen-bond acceptors (Lipinski definition) is 15. The van der Waals surface area contributed by atoms with Crippen LogP contribution in [0.25, 0.3) is 0 Å². The van der Waals surface area contributed by atoms with Crippen LogP contribution >= 0.6 is 15.6 Å². The van der Waals surface area contributed by atoms with E-state index in [1.54, 1.807) is 0 Å². The van der Waals surface area contributed by atoms with E-state index in [0.29, 0.717) is 25.7 Å². The van der Waals surface area contributed by atoms with E-state index in [9.17, 15) is 43.2 Å². The van der Waals surface area contributed by atoms with E-state index in [1.807, 2.05) is 0 Å². The highest BCUT2D eigenvalue weighted by Crippen LogP contribution is 2.45. The second kappa shape index (κ2) is 70.6. The average molecular weight is 1420 g/mol. The first-order valence-corrected chi connectivity index (χ1v) is 43.0. The Morgan fingerprint density at radius 1 is 0.330 bits per heavy atom. The Balaban J connectivity index is 5.25. The zero-order chi connectivity index (χ0) is 71.2. The highest BCUT2D eigenvalue weighted by atomic mass is 31.2. The third kappa shape index (κ3) is 70.4. The molecule has 0 bridgehead atoms. The van der Waals surface area contributed by atoms with Gasteiger partial charge in [0.05, 0.1) is 26.4 Å². The minimum absolute atomic E-state index is 0.0851. The molecule has 0 aliphatic heterocycles. The molecule has 0 fully saturated rings. The first-order chi connectivity index (χ1) is 47.1. The molecule has 97 heavy (non-hydrogen) atoms. The fourth-order valence-corrected chi connectivity index (χ4v) is 13.1. The summed E-state index contributed by atoms with van der Waals surface area (Å²) in [5.41, 5.74) is 0. The molecule has 0 radical (unpaired) electrons. The number of aliphatic hydroxyl groups excluding tert-OH is 1. The third-order valence-corrected chi connectivity index (χ3v) is 19.9. The monoisotopic (exact) mass is 1420 g/mol. The highest BCUT2D eigenvalue weighted by molar-refractivity contribution is 7.47. The van der Waals surface area contributed by atoms with E-state index in [4.69, 9.17) is 37.0 Å². The van der Waals surface area contributed by atoms with Crippen LogP contribution in [0, 0.1) is 5.92 Å². The van der Waals surface area contributed by atoms with Gasteiger partial charge in [-0.15, -0.1) is 0 Å². The minimum Gasteiger partial charge on any atom is -0.462 e. The molecule has 572 valence electrons. The molecule has 3 N–H and O–H groups in total. The molecule has 0 aliphatic rings. The molecule has 0 aromatic rings. The van der Waals surface area contributed by atoms with Gasteiger partial charge in [-0.05, 0) is 57.3 Å². The van der Waals surface area contributed by atoms with Gasteiger partial charge in [0.15, 0.2) is 12.2 Å². The Labute approximate surface area is 592 Å². The number of phosphoric ester groups is 2. The van der Waals surface area contributed by atoms with Gasteiger partial charge < -0.3 is 33.8 Å². The average Bonchev–Trinajstić information content (AvgIpc) is 1.02. The van der Waals surface area contributed by atoms with E-state index < -0.39 is 97.5 Å². The molecule has 0 aromatic heterocycles. The molecular formula is C78H148O17P2. The summed E-state index contributed by atoms with van der Waals surface area (Å²) in [5, 5.41) is 10.6. The van der Waals surface area contributed by atoms with Crippen LogP contribution in [0.1, 0.15) is 388 Å². The second-order valence-electron chi connectivity index (χ2n) is 27.7. The Morgan fingerprint density at radius 3 is 0.876 bits per heavy atom. The maximum Gasteiger partial charge on any atom is 0.472 e. The first kappa shape index (κ1) is 94.5. The van der Waals surface area contributed by atoms with Gasteiger partial charge in [-0.1, -0.05) is 335 Å². The number of rotatable bonds is 76. The van der Waals surface area contributed by atoms with Crippen LogP contribution in [0.5, 0.6) is 0 Å². The standard InChI is InChI=1S/C78H148O17P2/c1-6-10-13-16-19-22-24-26-28-30-34-38-42-47-52-57-62-76(81)89-68-74(95-78(83)64-59-54-49-44-40-36-32-31-33-37-41-45-50-55-60-71(5)9-4)70-93-97(86,87)91-66-72(79)65-90-96(84,85)92-69-73(67-88-75(80)61-56-51-46-21-18-15-12-8-3)94-77(82)63-58-53-48-43-39-35-29-27-25-23-20-17-14-11-7-2/h23,25,27,29,71-74,79H,6-22,24,26,28,30-70H2,1-5H3,(H,84,85)(H,86,87)/b25-23-,29-27-/t71?,72-,73+,74+/m0/s1. The maximum absolute atomic E-state index is 13.1. The number of esters is 4. The third-order valence-electron chi connectivity index (χ3n) is 18.0. The molecule has 6 atom stereocenters. The smallest absolute Gasteiger partial charge is 0.462 e. The molecule has 0 heterocycles. The lowest BCUT2D eigenvalue weighted by Crippen LogP contribution is -2.30. The summed E-state index contributed by atoms with van der Waals surface area (Å²) in [6, 6.07) is 0. The van der Waals surface area contributed by atoms with Crippen LogP contribution in [-0.2, 0) is 65.4 Å². The van der Waals surface area contributed by atoms with Crippen molar-refractivity contribution in [2.24, 2.45) is 5.92 Å². The van der Waals surface area contributed by atoms with Gasteiger partial charge >= 0.3 is 39.5 Å². The van der Waals surface area contributed by atoms with Crippen molar-refractivity contribution < 1.29 is 80.2 Å². The van der Waals surface area contributed by atoms with Crippen molar-refractivity contribution in [3.05, 3.63) is 24.3 Å². The Bertz CT molecular complexity index is 1950. The number of phosphoric acid groups is 2. The number of hydrogen-bond donors (Lipinski definition) is 3. The number of carbonyl (C=O) groups excluding carboxylic acids is 4. The summed E-state index contributed by atoms with van der Waals surface area (Å²) >= 11 is 0.